The second-order valence-corrected chi connectivity index (χ2v) is 4.78. The van der Waals surface area contributed by atoms with E-state index < -0.39 is 6.09 Å². The Morgan fingerprint density at radius 1 is 1.27 bits per heavy atom. The number of fused-ring (bicyclic) bond motifs is 1. The highest BCUT2D eigenvalue weighted by Gasteiger charge is 2.14. The molecule has 9 heteroatoms. The number of amides is 1. The summed E-state index contributed by atoms with van der Waals surface area (Å²) in [5.74, 6) is -0.266. The van der Waals surface area contributed by atoms with Gasteiger partial charge in [-0.3, -0.25) is 5.41 Å². The molecule has 0 saturated carbocycles. The second kappa shape index (κ2) is 5.41. The van der Waals surface area contributed by atoms with E-state index in [9.17, 15) is 4.79 Å². The van der Waals surface area contributed by atoms with Gasteiger partial charge in [-0.05, 0) is 18.2 Å². The van der Waals surface area contributed by atoms with Crippen LogP contribution < -0.4 is 5.32 Å². The molecule has 1 aromatic carbocycles. The van der Waals surface area contributed by atoms with Gasteiger partial charge in [0.2, 0.25) is 0 Å². The molecule has 22 heavy (non-hydrogen) atoms. The van der Waals surface area contributed by atoms with Gasteiger partial charge in [0.15, 0.2) is 5.84 Å². The lowest BCUT2D eigenvalue weighted by Crippen LogP contribution is -2.29. The summed E-state index contributed by atoms with van der Waals surface area (Å²) < 4.78 is 0. The Balaban J connectivity index is 2.03. The van der Waals surface area contributed by atoms with E-state index in [1.807, 2.05) is 6.07 Å². The van der Waals surface area contributed by atoms with Crippen LogP contribution >= 0.6 is 11.6 Å². The third-order valence-corrected chi connectivity index (χ3v) is 3.22. The molecule has 3 aromatic rings. The molecule has 0 aliphatic carbocycles. The Morgan fingerprint density at radius 2 is 2.09 bits per heavy atom. The predicted octanol–water partition coefficient (Wildman–Crippen LogP) is 1.43. The first-order valence-corrected chi connectivity index (χ1v) is 6.49. The van der Waals surface area contributed by atoms with E-state index in [0.29, 0.717) is 16.2 Å². The average Bonchev–Trinajstić information content (AvgIpc) is 2.95. The van der Waals surface area contributed by atoms with Gasteiger partial charge in [-0.1, -0.05) is 11.6 Å². The second-order valence-electron chi connectivity index (χ2n) is 4.37. The molecule has 0 fully saturated rings. The largest absolute Gasteiger partial charge is 0.632 e. The summed E-state index contributed by atoms with van der Waals surface area (Å²) in [5, 5.41) is 17.0. The van der Waals surface area contributed by atoms with Crippen molar-refractivity contribution in [2.45, 2.75) is 0 Å². The van der Waals surface area contributed by atoms with Gasteiger partial charge in [-0.15, -0.1) is 0 Å². The molecule has 0 bridgehead atoms. The van der Waals surface area contributed by atoms with E-state index in [4.69, 9.17) is 22.1 Å². The van der Waals surface area contributed by atoms with Crippen molar-refractivity contribution in [3.63, 3.8) is 0 Å². The fraction of sp³-hybridized carbons (Fsp3) is 0. The number of rotatable bonds is 2. The zero-order chi connectivity index (χ0) is 15.7. The van der Waals surface area contributed by atoms with Crippen LogP contribution in [0.3, 0.4) is 0 Å². The first-order valence-electron chi connectivity index (χ1n) is 6.11. The van der Waals surface area contributed by atoms with Gasteiger partial charge in [0.1, 0.15) is 17.5 Å². The molecule has 0 saturated heterocycles. The number of amidine groups is 1. The van der Waals surface area contributed by atoms with Crippen molar-refractivity contribution < 1.29 is 9.90 Å². The monoisotopic (exact) mass is 317 g/mol. The molecule has 0 unspecified atom stereocenters. The van der Waals surface area contributed by atoms with Crippen molar-refractivity contribution in [1.29, 1.82) is 5.41 Å². The minimum atomic E-state index is -1.08. The van der Waals surface area contributed by atoms with Crippen LogP contribution in [0, 0.1) is 5.41 Å². The third kappa shape index (κ3) is 2.59. The summed E-state index contributed by atoms with van der Waals surface area (Å²) in [4.78, 5) is 25.8. The number of benzene rings is 1. The lowest BCUT2D eigenvalue weighted by molar-refractivity contribution is 0.200. The third-order valence-electron chi connectivity index (χ3n) is 2.93. The van der Waals surface area contributed by atoms with Crippen LogP contribution in [0.1, 0.15) is 5.69 Å². The van der Waals surface area contributed by atoms with Crippen LogP contribution in [0.25, 0.3) is 22.3 Å². The molecule has 2 heterocycles. The minimum Gasteiger partial charge on any atom is -0.547 e. The summed E-state index contributed by atoms with van der Waals surface area (Å²) in [6, 6.07) is 5.07. The van der Waals surface area contributed by atoms with Crippen molar-refractivity contribution >= 4 is 34.6 Å². The molecular weight excluding hydrogens is 308 g/mol. The lowest BCUT2D eigenvalue weighted by Gasteiger charge is -2.05. The van der Waals surface area contributed by atoms with Gasteiger partial charge < -0.3 is 10.1 Å². The normalized spacial score (nSPS) is 10.6. The van der Waals surface area contributed by atoms with Crippen molar-refractivity contribution in [3.05, 3.63) is 41.6 Å². The fourth-order valence-electron chi connectivity index (χ4n) is 1.98. The maximum atomic E-state index is 10.7. The van der Waals surface area contributed by atoms with Crippen molar-refractivity contribution in [3.8, 4) is 11.3 Å². The molecule has 1 amide bonds. The molecule has 0 aliphatic heterocycles. The molecule has 0 aliphatic rings. The maximum Gasteiger partial charge on any atom is 0.632 e. The molecule has 5 N–H and O–H groups in total. The molecule has 110 valence electrons. The summed E-state index contributed by atoms with van der Waals surface area (Å²) in [5.41, 5.74) is 2.88. The Morgan fingerprint density at radius 3 is 2.86 bits per heavy atom. The number of nitrogens with zero attached hydrogens (tertiary/aromatic N) is 3. The number of carbonyl (C=O) groups excluding carboxylic acids is 1. The van der Waals surface area contributed by atoms with Gasteiger partial charge >= 0.3 is 6.09 Å². The van der Waals surface area contributed by atoms with Gasteiger partial charge in [0.05, 0.1) is 27.4 Å². The zero-order valence-corrected chi connectivity index (χ0v) is 11.8. The predicted molar refractivity (Wildman–Crippen MR) is 81.1 cm³/mol. The number of halogens is 1. The van der Waals surface area contributed by atoms with E-state index in [1.54, 1.807) is 12.4 Å². The van der Waals surface area contributed by atoms with Gasteiger partial charge in [-0.2, -0.15) is 0 Å². The molecule has 0 spiro atoms. The van der Waals surface area contributed by atoms with Crippen LogP contribution in [0.5, 0.6) is 0 Å². The highest BCUT2D eigenvalue weighted by Crippen LogP contribution is 2.27. The Hall–Kier alpha value is -3.00. The highest BCUT2D eigenvalue weighted by molar-refractivity contribution is 6.35. The van der Waals surface area contributed by atoms with Crippen LogP contribution in [-0.2, 0) is 0 Å². The van der Waals surface area contributed by atoms with Crippen molar-refractivity contribution in [2.75, 3.05) is 0 Å². The Bertz CT molecular complexity index is 891. The number of carbonyl (C=O) groups is 1. The van der Waals surface area contributed by atoms with Crippen LogP contribution in [0.15, 0.2) is 30.9 Å². The number of H-pyrrole nitrogens is 1. The van der Waals surface area contributed by atoms with Crippen molar-refractivity contribution in [2.24, 2.45) is 0 Å². The molecule has 0 atom stereocenters. The quantitative estimate of drug-likeness (QED) is 0.375. The summed E-state index contributed by atoms with van der Waals surface area (Å²) in [6.07, 6.45) is 1.75. The number of aromatic nitrogens is 4. The molecular formula is C13H10ClN6O2+. The first kappa shape index (κ1) is 14.0. The standard InChI is InChI=1S/C13H9ClN6O2/c14-7-1-6(2-9-11(7)19-5-17-9)8-3-10(18-4-16-8)12(15)20-13(21)22/h1-5H,(H2,15,20)(H,17,19)(H,21,22)/p+1. The topological polar surface area (TPSA) is 130 Å². The van der Waals surface area contributed by atoms with E-state index in [1.165, 1.54) is 12.4 Å². The van der Waals surface area contributed by atoms with Crippen molar-refractivity contribution in [1.82, 2.24) is 25.3 Å². The van der Waals surface area contributed by atoms with E-state index >= 15 is 0 Å². The minimum absolute atomic E-state index is 0.200. The van der Waals surface area contributed by atoms with E-state index in [0.717, 1.165) is 11.1 Å². The molecule has 2 aromatic heterocycles. The zero-order valence-electron chi connectivity index (χ0n) is 11.0. The van der Waals surface area contributed by atoms with Crippen LogP contribution in [0.4, 0.5) is 4.79 Å². The molecule has 3 rings (SSSR count). The van der Waals surface area contributed by atoms with Crippen LogP contribution in [0.2, 0.25) is 5.02 Å². The highest BCUT2D eigenvalue weighted by atomic mass is 35.5. The average molecular weight is 318 g/mol. The number of hydrogen-bond acceptors (Lipinski definition) is 5. The number of imidazole rings is 1. The Kier molecular flexibility index (Phi) is 3.43. The number of aromatic amines is 1. The van der Waals surface area contributed by atoms with E-state index in [2.05, 4.69) is 25.3 Å². The SMILES string of the molecule is N=C(NC(=O)[OH2+])c1cc(-c2cc(Cl)c3nc[nH]c3c2)ncn1. The van der Waals surface area contributed by atoms with Gasteiger partial charge in [-0.25, -0.2) is 20.3 Å². The fourth-order valence-corrected chi connectivity index (χ4v) is 2.25. The summed E-state index contributed by atoms with van der Waals surface area (Å²) in [7, 11) is 0. The van der Waals surface area contributed by atoms with Crippen LogP contribution in [-0.4, -0.2) is 37.0 Å². The number of nitrogens with one attached hydrogen (secondary N) is 3. The lowest BCUT2D eigenvalue weighted by atomic mass is 10.1. The summed E-state index contributed by atoms with van der Waals surface area (Å²) in [6.45, 7) is 0. The first-order chi connectivity index (χ1) is 10.5. The maximum absolute atomic E-state index is 10.7. The smallest absolute Gasteiger partial charge is 0.547 e. The number of hydrogen-bond donors (Lipinski definition) is 3. The molecule has 0 radical (unpaired) electrons. The Labute approximate surface area is 128 Å². The van der Waals surface area contributed by atoms with Gasteiger partial charge in [0.25, 0.3) is 0 Å². The van der Waals surface area contributed by atoms with Gasteiger partial charge in [0, 0.05) is 5.56 Å². The summed E-state index contributed by atoms with van der Waals surface area (Å²) >= 11 is 6.17. The molecule has 8 nitrogen and oxygen atoms in total. The van der Waals surface area contributed by atoms with E-state index in [-0.39, 0.29) is 11.5 Å².